The molecular weight excluding hydrogens is 651 g/mol. The Hall–Kier alpha value is -5.77. The summed E-state index contributed by atoms with van der Waals surface area (Å²) in [6.45, 7) is 2.36. The number of thioether (sulfide) groups is 1. The minimum atomic E-state index is 0.0958. The van der Waals surface area contributed by atoms with Crippen LogP contribution in [0.5, 0.6) is 0 Å². The fraction of sp³-hybridized carbons (Fsp3) is 0.102. The highest BCUT2D eigenvalue weighted by molar-refractivity contribution is 8.01. The van der Waals surface area contributed by atoms with Crippen molar-refractivity contribution < 1.29 is 4.42 Å². The Balaban J connectivity index is 0.999. The van der Waals surface area contributed by atoms with Crippen LogP contribution in [-0.2, 0) is 0 Å². The number of allylic oxidation sites excluding steroid dienone is 7. The van der Waals surface area contributed by atoms with Gasteiger partial charge in [-0.05, 0) is 119 Å². The molecule has 3 heteroatoms. The standard InChI is InChI=1S/C49H37NOS/c1-49-30-8-7-12-45(49)44-32-38(21-29-48(44)52-49)36-18-26-41(27-19-36)50(39-22-14-34(15-23-39)33-9-3-2-4-10-33)40-24-16-35(17-25-40)37-20-28-47-43(31-37)42-11-5-6-13-46(42)51-47/h2-16,18-24,26-32,45H,17,25H2,1H3. The molecule has 0 amide bonds. The molecular formula is C49H37NOS. The summed E-state index contributed by atoms with van der Waals surface area (Å²) >= 11 is 1.99. The van der Waals surface area contributed by atoms with E-state index in [1.807, 2.05) is 23.9 Å². The fourth-order valence-electron chi connectivity index (χ4n) is 8.22. The minimum Gasteiger partial charge on any atom is -0.456 e. The summed E-state index contributed by atoms with van der Waals surface area (Å²) in [6.07, 6.45) is 15.6. The van der Waals surface area contributed by atoms with Crippen molar-refractivity contribution in [1.29, 1.82) is 0 Å². The van der Waals surface area contributed by atoms with Gasteiger partial charge in [-0.1, -0.05) is 115 Å². The zero-order valence-electron chi connectivity index (χ0n) is 29.0. The molecule has 2 heterocycles. The molecule has 6 aromatic carbocycles. The molecule has 10 rings (SSSR count). The molecule has 0 saturated carbocycles. The van der Waals surface area contributed by atoms with E-state index >= 15 is 0 Å². The first-order valence-electron chi connectivity index (χ1n) is 18.2. The van der Waals surface area contributed by atoms with Crippen molar-refractivity contribution >= 4 is 50.6 Å². The Labute approximate surface area is 309 Å². The zero-order chi connectivity index (χ0) is 34.6. The second-order valence-corrected chi connectivity index (χ2v) is 15.7. The van der Waals surface area contributed by atoms with Gasteiger partial charge in [0.15, 0.2) is 0 Å². The number of nitrogens with zero attached hydrogens (tertiary/aromatic N) is 1. The van der Waals surface area contributed by atoms with Crippen molar-refractivity contribution in [3.63, 3.8) is 0 Å². The van der Waals surface area contributed by atoms with Gasteiger partial charge in [0.1, 0.15) is 11.2 Å². The Morgan fingerprint density at radius 3 is 2.04 bits per heavy atom. The first-order valence-corrected chi connectivity index (χ1v) is 19.0. The molecule has 0 spiro atoms. The van der Waals surface area contributed by atoms with E-state index in [1.165, 1.54) is 60.3 Å². The molecule has 0 saturated heterocycles. The van der Waals surface area contributed by atoms with Crippen molar-refractivity contribution in [2.75, 3.05) is 4.90 Å². The molecule has 2 atom stereocenters. The van der Waals surface area contributed by atoms with E-state index in [0.717, 1.165) is 35.4 Å². The normalized spacial score (nSPS) is 19.0. The number of hydrogen-bond acceptors (Lipinski definition) is 3. The Morgan fingerprint density at radius 2 is 1.27 bits per heavy atom. The van der Waals surface area contributed by atoms with E-state index in [1.54, 1.807) is 0 Å². The van der Waals surface area contributed by atoms with E-state index in [2.05, 4.69) is 176 Å². The predicted octanol–water partition coefficient (Wildman–Crippen LogP) is 13.9. The van der Waals surface area contributed by atoms with Crippen LogP contribution in [0.15, 0.2) is 191 Å². The van der Waals surface area contributed by atoms with Crippen LogP contribution in [-0.4, -0.2) is 4.75 Å². The summed E-state index contributed by atoms with van der Waals surface area (Å²) in [5, 5.41) is 2.34. The predicted molar refractivity (Wildman–Crippen MR) is 220 cm³/mol. The van der Waals surface area contributed by atoms with Gasteiger partial charge in [-0.3, -0.25) is 0 Å². The van der Waals surface area contributed by atoms with Crippen LogP contribution in [0.1, 0.15) is 36.8 Å². The Bertz CT molecular complexity index is 2610. The second kappa shape index (κ2) is 12.5. The first-order chi connectivity index (χ1) is 25.6. The van der Waals surface area contributed by atoms with Crippen molar-refractivity contribution in [2.24, 2.45) is 0 Å². The smallest absolute Gasteiger partial charge is 0.135 e. The van der Waals surface area contributed by atoms with Crippen LogP contribution in [0.2, 0.25) is 0 Å². The highest BCUT2D eigenvalue weighted by Crippen LogP contribution is 2.56. The van der Waals surface area contributed by atoms with Gasteiger partial charge in [-0.15, -0.1) is 11.8 Å². The highest BCUT2D eigenvalue weighted by Gasteiger charge is 2.41. The molecule has 2 unspecified atom stereocenters. The summed E-state index contributed by atoms with van der Waals surface area (Å²) in [5.74, 6) is 0.406. The van der Waals surface area contributed by atoms with Gasteiger partial charge in [0.05, 0.1) is 0 Å². The number of rotatable bonds is 6. The first kappa shape index (κ1) is 31.0. The lowest BCUT2D eigenvalue weighted by molar-refractivity contribution is 0.669. The third-order valence-electron chi connectivity index (χ3n) is 11.0. The maximum absolute atomic E-state index is 6.11. The van der Waals surface area contributed by atoms with Crippen LogP contribution >= 0.6 is 11.8 Å². The van der Waals surface area contributed by atoms with E-state index < -0.39 is 0 Å². The lowest BCUT2D eigenvalue weighted by atomic mass is 9.83. The van der Waals surface area contributed by atoms with Crippen LogP contribution < -0.4 is 4.90 Å². The largest absolute Gasteiger partial charge is 0.456 e. The third kappa shape index (κ3) is 5.36. The summed E-state index contributed by atoms with van der Waals surface area (Å²) in [5.41, 5.74) is 14.5. The number of anilines is 2. The summed E-state index contributed by atoms with van der Waals surface area (Å²) in [6, 6.07) is 50.7. The van der Waals surface area contributed by atoms with E-state index in [9.17, 15) is 0 Å². The third-order valence-corrected chi connectivity index (χ3v) is 12.4. The molecule has 1 aliphatic heterocycles. The SMILES string of the molecule is CC12C=CC=CC1c1cc(-c3ccc(N(C4=CC=C(c5ccc6oc7ccccc7c6c5)CC4)c4ccc(-c5ccccc5)cc4)cc3)ccc1S2. The number of benzene rings is 6. The van der Waals surface area contributed by atoms with Gasteiger partial charge < -0.3 is 9.32 Å². The molecule has 2 aliphatic carbocycles. The van der Waals surface area contributed by atoms with Crippen molar-refractivity contribution in [3.05, 3.63) is 193 Å². The monoisotopic (exact) mass is 687 g/mol. The molecule has 0 bridgehead atoms. The molecule has 1 aromatic heterocycles. The second-order valence-electron chi connectivity index (χ2n) is 14.2. The zero-order valence-corrected chi connectivity index (χ0v) is 29.8. The van der Waals surface area contributed by atoms with Gasteiger partial charge >= 0.3 is 0 Å². The van der Waals surface area contributed by atoms with Crippen LogP contribution in [0, 0.1) is 0 Å². The van der Waals surface area contributed by atoms with Gasteiger partial charge in [0.2, 0.25) is 0 Å². The molecule has 0 radical (unpaired) electrons. The topological polar surface area (TPSA) is 16.4 Å². The number of para-hydroxylation sites is 1. The molecule has 250 valence electrons. The molecule has 3 aliphatic rings. The van der Waals surface area contributed by atoms with E-state index in [-0.39, 0.29) is 4.75 Å². The highest BCUT2D eigenvalue weighted by atomic mass is 32.2. The lowest BCUT2D eigenvalue weighted by Crippen LogP contribution is -2.22. The van der Waals surface area contributed by atoms with Crippen molar-refractivity contribution in [3.8, 4) is 22.3 Å². The molecule has 52 heavy (non-hydrogen) atoms. The van der Waals surface area contributed by atoms with Crippen molar-refractivity contribution in [1.82, 2.24) is 0 Å². The summed E-state index contributed by atoms with van der Waals surface area (Å²) in [4.78, 5) is 3.83. The number of furan rings is 1. The van der Waals surface area contributed by atoms with Gasteiger partial charge in [0.25, 0.3) is 0 Å². The lowest BCUT2D eigenvalue weighted by Gasteiger charge is -2.30. The van der Waals surface area contributed by atoms with Gasteiger partial charge in [0, 0.05) is 43.4 Å². The molecule has 7 aromatic rings. The van der Waals surface area contributed by atoms with E-state index in [0.29, 0.717) is 5.92 Å². The van der Waals surface area contributed by atoms with E-state index in [4.69, 9.17) is 4.42 Å². The maximum atomic E-state index is 6.11. The quantitative estimate of drug-likeness (QED) is 0.173. The number of hydrogen-bond donors (Lipinski definition) is 0. The van der Waals surface area contributed by atoms with Crippen molar-refractivity contribution in [2.45, 2.75) is 35.3 Å². The Morgan fingerprint density at radius 1 is 0.596 bits per heavy atom. The van der Waals surface area contributed by atoms with Crippen LogP contribution in [0.3, 0.4) is 0 Å². The minimum absolute atomic E-state index is 0.0958. The average molecular weight is 688 g/mol. The van der Waals surface area contributed by atoms with Gasteiger partial charge in [-0.2, -0.15) is 0 Å². The summed E-state index contributed by atoms with van der Waals surface area (Å²) in [7, 11) is 0. The van der Waals surface area contributed by atoms with Gasteiger partial charge in [-0.25, -0.2) is 0 Å². The molecule has 0 fully saturated rings. The molecule has 0 N–H and O–H groups in total. The Kier molecular flexibility index (Phi) is 7.44. The number of fused-ring (bicyclic) bond motifs is 6. The fourth-order valence-corrected chi connectivity index (χ4v) is 9.62. The summed E-state index contributed by atoms with van der Waals surface area (Å²) < 4.78 is 6.21. The maximum Gasteiger partial charge on any atom is 0.135 e. The van der Waals surface area contributed by atoms with Crippen LogP contribution in [0.4, 0.5) is 11.4 Å². The van der Waals surface area contributed by atoms with Crippen LogP contribution in [0.25, 0.3) is 49.8 Å². The average Bonchev–Trinajstić information content (AvgIpc) is 3.73. The molecule has 2 nitrogen and oxygen atoms in total.